The highest BCUT2D eigenvalue weighted by Gasteiger charge is 2.16. The predicted octanol–water partition coefficient (Wildman–Crippen LogP) is 2.98. The van der Waals surface area contributed by atoms with Crippen LogP contribution < -0.4 is 5.32 Å². The highest BCUT2D eigenvalue weighted by molar-refractivity contribution is 7.09. The summed E-state index contributed by atoms with van der Waals surface area (Å²) in [6.07, 6.45) is 0.931. The summed E-state index contributed by atoms with van der Waals surface area (Å²) < 4.78 is 5.47. The summed E-state index contributed by atoms with van der Waals surface area (Å²) in [6.45, 7) is 3.55. The van der Waals surface area contributed by atoms with Crippen molar-refractivity contribution in [3.63, 3.8) is 0 Å². The van der Waals surface area contributed by atoms with Crippen molar-refractivity contribution in [2.75, 3.05) is 7.05 Å². The summed E-state index contributed by atoms with van der Waals surface area (Å²) in [6, 6.07) is 6.97. The summed E-state index contributed by atoms with van der Waals surface area (Å²) in [4.78, 5) is 4.55. The second-order valence-electron chi connectivity index (χ2n) is 4.92. The van der Waals surface area contributed by atoms with Crippen LogP contribution in [0.3, 0.4) is 0 Å². The molecule has 0 spiro atoms. The number of aryl methyl sites for hydroxylation is 1. The molecule has 1 aliphatic rings. The van der Waals surface area contributed by atoms with E-state index in [-0.39, 0.29) is 0 Å². The molecule has 2 aromatic rings. The Morgan fingerprint density at radius 2 is 2.21 bits per heavy atom. The Morgan fingerprint density at radius 1 is 1.37 bits per heavy atom. The van der Waals surface area contributed by atoms with E-state index in [9.17, 15) is 0 Å². The topological polar surface area (TPSA) is 34.2 Å². The Balaban J connectivity index is 1.82. The molecular formula is C15H18N2OS. The summed E-state index contributed by atoms with van der Waals surface area (Å²) >= 11 is 1.71. The van der Waals surface area contributed by atoms with Gasteiger partial charge in [-0.25, -0.2) is 4.98 Å². The molecule has 0 amide bonds. The number of thiazole rings is 1. The minimum Gasteiger partial charge on any atom is -0.372 e. The highest BCUT2D eigenvalue weighted by atomic mass is 32.1. The van der Waals surface area contributed by atoms with E-state index in [2.05, 4.69) is 40.8 Å². The van der Waals surface area contributed by atoms with Gasteiger partial charge in [0.1, 0.15) is 0 Å². The quantitative estimate of drug-likeness (QED) is 0.930. The van der Waals surface area contributed by atoms with Crippen LogP contribution in [0.25, 0.3) is 0 Å². The molecule has 0 saturated heterocycles. The summed E-state index contributed by atoms with van der Waals surface area (Å²) in [5.41, 5.74) is 5.13. The van der Waals surface area contributed by atoms with E-state index < -0.39 is 0 Å². The van der Waals surface area contributed by atoms with Gasteiger partial charge in [-0.2, -0.15) is 0 Å². The Morgan fingerprint density at radius 3 is 2.95 bits per heavy atom. The third-order valence-corrected chi connectivity index (χ3v) is 4.40. The van der Waals surface area contributed by atoms with Crippen LogP contribution in [0.15, 0.2) is 23.6 Å². The molecule has 1 atom stereocenters. The zero-order valence-electron chi connectivity index (χ0n) is 11.3. The van der Waals surface area contributed by atoms with Crippen LogP contribution in [0, 0.1) is 6.92 Å². The van der Waals surface area contributed by atoms with E-state index in [0.29, 0.717) is 6.04 Å². The van der Waals surface area contributed by atoms with Gasteiger partial charge in [-0.3, -0.25) is 0 Å². The lowest BCUT2D eigenvalue weighted by molar-refractivity contribution is 0.134. The molecule has 100 valence electrons. The zero-order chi connectivity index (χ0) is 13.2. The van der Waals surface area contributed by atoms with Gasteiger partial charge >= 0.3 is 0 Å². The maximum Gasteiger partial charge on any atom is 0.0897 e. The van der Waals surface area contributed by atoms with Crippen molar-refractivity contribution in [3.05, 3.63) is 51.0 Å². The van der Waals surface area contributed by atoms with Gasteiger partial charge in [0.2, 0.25) is 0 Å². The standard InChI is InChI=1S/C15H18N2OS/c1-10-17-14(9-19-10)6-15(16-2)11-3-4-12-7-18-8-13(12)5-11/h3-5,9,15-16H,6-8H2,1-2H3. The fourth-order valence-electron chi connectivity index (χ4n) is 2.51. The molecule has 3 nitrogen and oxygen atoms in total. The maximum absolute atomic E-state index is 5.47. The number of nitrogens with zero attached hydrogens (tertiary/aromatic N) is 1. The zero-order valence-corrected chi connectivity index (χ0v) is 12.1. The number of ether oxygens (including phenoxy) is 1. The summed E-state index contributed by atoms with van der Waals surface area (Å²) in [5, 5.41) is 6.67. The van der Waals surface area contributed by atoms with E-state index in [1.807, 2.05) is 7.05 Å². The average molecular weight is 274 g/mol. The molecule has 1 unspecified atom stereocenters. The van der Waals surface area contributed by atoms with Crippen molar-refractivity contribution in [2.45, 2.75) is 32.6 Å². The number of hydrogen-bond donors (Lipinski definition) is 1. The van der Waals surface area contributed by atoms with Crippen LogP contribution >= 0.6 is 11.3 Å². The van der Waals surface area contributed by atoms with Crippen molar-refractivity contribution in [3.8, 4) is 0 Å². The van der Waals surface area contributed by atoms with Gasteiger partial charge in [0, 0.05) is 17.8 Å². The number of likely N-dealkylation sites (N-methyl/N-ethyl adjacent to an activating group) is 1. The second kappa shape index (κ2) is 5.41. The van der Waals surface area contributed by atoms with Crippen LogP contribution in [0.4, 0.5) is 0 Å². The van der Waals surface area contributed by atoms with Crippen LogP contribution in [-0.2, 0) is 24.4 Å². The van der Waals surface area contributed by atoms with Gasteiger partial charge in [-0.05, 0) is 30.7 Å². The lowest BCUT2D eigenvalue weighted by Crippen LogP contribution is -2.19. The van der Waals surface area contributed by atoms with Crippen molar-refractivity contribution in [1.82, 2.24) is 10.3 Å². The minimum atomic E-state index is 0.312. The third kappa shape index (κ3) is 2.71. The number of aromatic nitrogens is 1. The number of hydrogen-bond acceptors (Lipinski definition) is 4. The van der Waals surface area contributed by atoms with E-state index >= 15 is 0 Å². The van der Waals surface area contributed by atoms with E-state index in [1.54, 1.807) is 11.3 Å². The molecule has 0 aliphatic carbocycles. The number of nitrogens with one attached hydrogen (secondary N) is 1. The van der Waals surface area contributed by atoms with E-state index in [4.69, 9.17) is 4.74 Å². The number of fused-ring (bicyclic) bond motifs is 1. The molecule has 0 bridgehead atoms. The number of rotatable bonds is 4. The Kier molecular flexibility index (Phi) is 3.64. The van der Waals surface area contributed by atoms with Crippen LogP contribution in [0.1, 0.15) is 33.4 Å². The first-order valence-electron chi connectivity index (χ1n) is 6.54. The normalized spacial score (nSPS) is 15.5. The van der Waals surface area contributed by atoms with Crippen molar-refractivity contribution in [2.24, 2.45) is 0 Å². The first-order valence-corrected chi connectivity index (χ1v) is 7.42. The fourth-order valence-corrected chi connectivity index (χ4v) is 3.13. The fraction of sp³-hybridized carbons (Fsp3) is 0.400. The minimum absolute atomic E-state index is 0.312. The largest absolute Gasteiger partial charge is 0.372 e. The van der Waals surface area contributed by atoms with E-state index in [0.717, 1.165) is 24.6 Å². The molecular weight excluding hydrogens is 256 g/mol. The second-order valence-corrected chi connectivity index (χ2v) is 5.99. The molecule has 0 radical (unpaired) electrons. The van der Waals surface area contributed by atoms with Gasteiger partial charge in [0.25, 0.3) is 0 Å². The van der Waals surface area contributed by atoms with Gasteiger partial charge in [-0.1, -0.05) is 18.2 Å². The molecule has 4 heteroatoms. The molecule has 1 aromatic heterocycles. The number of benzene rings is 1. The van der Waals surface area contributed by atoms with Gasteiger partial charge in [0.15, 0.2) is 0 Å². The van der Waals surface area contributed by atoms with Crippen LogP contribution in [0.5, 0.6) is 0 Å². The highest BCUT2D eigenvalue weighted by Crippen LogP contribution is 2.26. The van der Waals surface area contributed by atoms with E-state index in [1.165, 1.54) is 22.4 Å². The monoisotopic (exact) mass is 274 g/mol. The first kappa shape index (κ1) is 12.8. The Labute approximate surface area is 117 Å². The summed E-state index contributed by atoms with van der Waals surface area (Å²) in [7, 11) is 2.01. The lowest BCUT2D eigenvalue weighted by Gasteiger charge is -2.16. The van der Waals surface area contributed by atoms with Crippen molar-refractivity contribution < 1.29 is 4.74 Å². The molecule has 2 heterocycles. The first-order chi connectivity index (χ1) is 9.26. The SMILES string of the molecule is CNC(Cc1csc(C)n1)c1ccc2c(c1)COC2. The Bertz CT molecular complexity index is 579. The smallest absolute Gasteiger partial charge is 0.0897 e. The van der Waals surface area contributed by atoms with Crippen molar-refractivity contribution in [1.29, 1.82) is 0 Å². The van der Waals surface area contributed by atoms with Crippen molar-refractivity contribution >= 4 is 11.3 Å². The summed E-state index contributed by atoms with van der Waals surface area (Å²) in [5.74, 6) is 0. The molecule has 3 rings (SSSR count). The molecule has 0 fully saturated rings. The molecule has 1 aromatic carbocycles. The third-order valence-electron chi connectivity index (χ3n) is 3.58. The molecule has 1 N–H and O–H groups in total. The molecule has 0 saturated carbocycles. The van der Waals surface area contributed by atoms with Gasteiger partial charge < -0.3 is 10.1 Å². The van der Waals surface area contributed by atoms with Crippen LogP contribution in [0.2, 0.25) is 0 Å². The Hall–Kier alpha value is -1.23. The predicted molar refractivity (Wildman–Crippen MR) is 77.3 cm³/mol. The van der Waals surface area contributed by atoms with Gasteiger partial charge in [0.05, 0.1) is 23.9 Å². The van der Waals surface area contributed by atoms with Crippen LogP contribution in [-0.4, -0.2) is 12.0 Å². The molecule has 19 heavy (non-hydrogen) atoms. The molecule has 1 aliphatic heterocycles. The maximum atomic E-state index is 5.47. The van der Waals surface area contributed by atoms with Gasteiger partial charge in [-0.15, -0.1) is 11.3 Å². The lowest BCUT2D eigenvalue weighted by atomic mass is 9.98. The average Bonchev–Trinajstić information content (AvgIpc) is 3.03.